The average Bonchev–Trinajstić information content (AvgIpc) is 2.74. The lowest BCUT2D eigenvalue weighted by Gasteiger charge is -2.28. The second-order valence-corrected chi connectivity index (χ2v) is 7.05. The number of rotatable bonds is 6. The Morgan fingerprint density at radius 1 is 1.52 bits per heavy atom. The molecule has 0 saturated heterocycles. The molecule has 0 spiro atoms. The lowest BCUT2D eigenvalue weighted by molar-refractivity contribution is -0.117. The van der Waals surface area contributed by atoms with Crippen molar-refractivity contribution in [2.75, 3.05) is 35.8 Å². The molecule has 2 rings (SSSR count). The molecule has 0 bridgehead atoms. The Balaban J connectivity index is 2.32. The molecule has 116 valence electrons. The maximum Gasteiger partial charge on any atom is 0.246 e. The van der Waals surface area contributed by atoms with Crippen LogP contribution in [0.1, 0.15) is 25.5 Å². The van der Waals surface area contributed by atoms with Gasteiger partial charge in [0.25, 0.3) is 0 Å². The molecule has 4 nitrogen and oxygen atoms in total. The van der Waals surface area contributed by atoms with Crippen molar-refractivity contribution in [3.05, 3.63) is 22.2 Å². The van der Waals surface area contributed by atoms with Crippen LogP contribution in [0.3, 0.4) is 0 Å². The average molecular weight is 372 g/mol. The first-order valence-electron chi connectivity index (χ1n) is 7.09. The van der Waals surface area contributed by atoms with Crippen molar-refractivity contribution < 1.29 is 4.79 Å². The largest absolute Gasteiger partial charge is 0.370 e. The van der Waals surface area contributed by atoms with Crippen molar-refractivity contribution in [2.45, 2.75) is 25.9 Å². The first kappa shape index (κ1) is 16.6. The number of likely N-dealkylation sites (N-methyl/N-ethyl adjacent to an activating group) is 1. The van der Waals surface area contributed by atoms with E-state index in [9.17, 15) is 4.79 Å². The number of nitrogens with one attached hydrogen (secondary N) is 2. The van der Waals surface area contributed by atoms with Gasteiger partial charge in [-0.05, 0) is 47.8 Å². The van der Waals surface area contributed by atoms with Gasteiger partial charge in [0.1, 0.15) is 6.04 Å². The maximum absolute atomic E-state index is 12.0. The minimum absolute atomic E-state index is 0.0238. The molecule has 2 atom stereocenters. The molecule has 0 aliphatic carbocycles. The number of benzene rings is 1. The second-order valence-electron chi connectivity index (χ2n) is 5.29. The fraction of sp³-hybridized carbons (Fsp3) is 0.533. The van der Waals surface area contributed by atoms with Crippen molar-refractivity contribution in [1.82, 2.24) is 5.32 Å². The van der Waals surface area contributed by atoms with Crippen molar-refractivity contribution in [2.24, 2.45) is 0 Å². The van der Waals surface area contributed by atoms with E-state index in [1.165, 1.54) is 0 Å². The first-order chi connectivity index (χ1) is 9.99. The molecule has 6 heteroatoms. The summed E-state index contributed by atoms with van der Waals surface area (Å²) >= 11 is 5.49. The quantitative estimate of drug-likeness (QED) is 0.805. The maximum atomic E-state index is 12.0. The fourth-order valence-electron chi connectivity index (χ4n) is 2.54. The van der Waals surface area contributed by atoms with Crippen LogP contribution in [0.5, 0.6) is 0 Å². The third-order valence-electron chi connectivity index (χ3n) is 3.81. The van der Waals surface area contributed by atoms with Crippen molar-refractivity contribution >= 4 is 45.0 Å². The zero-order chi connectivity index (χ0) is 15.6. The van der Waals surface area contributed by atoms with Crippen LogP contribution < -0.4 is 15.5 Å². The summed E-state index contributed by atoms with van der Waals surface area (Å²) in [5, 5.41) is 6.19. The SMILES string of the molecule is CCNC1C(=O)Nc2cc(N(C)C(C)CSC)c(Br)cc21. The van der Waals surface area contributed by atoms with Crippen molar-refractivity contribution in [3.63, 3.8) is 0 Å². The molecule has 1 amide bonds. The van der Waals surface area contributed by atoms with Crippen LogP contribution in [0.15, 0.2) is 16.6 Å². The summed E-state index contributed by atoms with van der Waals surface area (Å²) in [6.07, 6.45) is 2.11. The van der Waals surface area contributed by atoms with Gasteiger partial charge in [-0.25, -0.2) is 0 Å². The highest BCUT2D eigenvalue weighted by Crippen LogP contribution is 2.39. The molecule has 0 radical (unpaired) electrons. The lowest BCUT2D eigenvalue weighted by Crippen LogP contribution is -2.31. The molecule has 2 N–H and O–H groups in total. The number of halogens is 1. The Kier molecular flexibility index (Phi) is 5.57. The molecule has 1 aliphatic rings. The molecule has 2 unspecified atom stereocenters. The smallest absolute Gasteiger partial charge is 0.246 e. The Hall–Kier alpha value is -0.720. The minimum Gasteiger partial charge on any atom is -0.370 e. The van der Waals surface area contributed by atoms with Crippen LogP contribution in [0.2, 0.25) is 0 Å². The number of nitrogens with zero attached hydrogens (tertiary/aromatic N) is 1. The van der Waals surface area contributed by atoms with Crippen molar-refractivity contribution in [3.8, 4) is 0 Å². The number of thioether (sulfide) groups is 1. The summed E-state index contributed by atoms with van der Waals surface area (Å²) in [5.41, 5.74) is 3.03. The van der Waals surface area contributed by atoms with Gasteiger partial charge in [0.15, 0.2) is 0 Å². The van der Waals surface area contributed by atoms with E-state index < -0.39 is 0 Å². The molecule has 0 aromatic heterocycles. The van der Waals surface area contributed by atoms with E-state index in [2.05, 4.69) is 63.8 Å². The number of fused-ring (bicyclic) bond motifs is 1. The summed E-state index contributed by atoms with van der Waals surface area (Å²) in [7, 11) is 2.09. The molecule has 1 aromatic carbocycles. The molecule has 1 aliphatic heterocycles. The molecule has 21 heavy (non-hydrogen) atoms. The molecular weight excluding hydrogens is 350 g/mol. The van der Waals surface area contributed by atoms with Crippen molar-refractivity contribution in [1.29, 1.82) is 0 Å². The van der Waals surface area contributed by atoms with Crippen LogP contribution in [-0.4, -0.2) is 37.6 Å². The third kappa shape index (κ3) is 3.38. The number of hydrogen-bond acceptors (Lipinski definition) is 4. The molecule has 1 aromatic rings. The number of anilines is 2. The van der Waals surface area contributed by atoms with Gasteiger partial charge in [-0.15, -0.1) is 0 Å². The van der Waals surface area contributed by atoms with Gasteiger partial charge in [-0.1, -0.05) is 6.92 Å². The van der Waals surface area contributed by atoms with E-state index in [4.69, 9.17) is 0 Å². The molecule has 0 fully saturated rings. The second kappa shape index (κ2) is 7.03. The summed E-state index contributed by atoms with van der Waals surface area (Å²) in [5.74, 6) is 1.09. The molecular formula is C15H22BrN3OS. The van der Waals surface area contributed by atoms with E-state index in [0.717, 1.165) is 33.7 Å². The normalized spacial score (nSPS) is 18.3. The third-order valence-corrected chi connectivity index (χ3v) is 5.26. The van der Waals surface area contributed by atoms with Gasteiger partial charge < -0.3 is 15.5 Å². The summed E-state index contributed by atoms with van der Waals surface area (Å²) in [6.45, 7) is 4.98. The van der Waals surface area contributed by atoms with Crippen LogP contribution in [-0.2, 0) is 4.79 Å². The van der Waals surface area contributed by atoms with E-state index in [0.29, 0.717) is 6.04 Å². The van der Waals surface area contributed by atoms with E-state index in [1.807, 2.05) is 18.7 Å². The standard InChI is InChI=1S/C15H22BrN3OS/c1-5-17-14-10-6-11(16)13(7-12(10)18-15(14)20)19(3)9(2)8-21-4/h6-7,9,14,17H,5,8H2,1-4H3,(H,18,20). The Bertz CT molecular complexity index is 538. The topological polar surface area (TPSA) is 44.4 Å². The van der Waals surface area contributed by atoms with Gasteiger partial charge in [-0.3, -0.25) is 4.79 Å². The number of carbonyl (C=O) groups is 1. The predicted octanol–water partition coefficient (Wildman–Crippen LogP) is 3.24. The Labute approximate surface area is 139 Å². The summed E-state index contributed by atoms with van der Waals surface area (Å²) in [6, 6.07) is 4.30. The summed E-state index contributed by atoms with van der Waals surface area (Å²) in [4.78, 5) is 14.3. The predicted molar refractivity (Wildman–Crippen MR) is 95.4 cm³/mol. The molecule has 0 saturated carbocycles. The van der Waals surface area contributed by atoms with E-state index in [1.54, 1.807) is 0 Å². The highest BCUT2D eigenvalue weighted by Gasteiger charge is 2.31. The monoisotopic (exact) mass is 371 g/mol. The van der Waals surface area contributed by atoms with Gasteiger partial charge in [-0.2, -0.15) is 11.8 Å². The van der Waals surface area contributed by atoms with Gasteiger partial charge in [0.05, 0.1) is 5.69 Å². The first-order valence-corrected chi connectivity index (χ1v) is 9.27. The van der Waals surface area contributed by atoms with Gasteiger partial charge >= 0.3 is 0 Å². The van der Waals surface area contributed by atoms with Crippen LogP contribution in [0, 0.1) is 0 Å². The van der Waals surface area contributed by atoms with Gasteiger partial charge in [0.2, 0.25) is 5.91 Å². The van der Waals surface area contributed by atoms with E-state index in [-0.39, 0.29) is 11.9 Å². The summed E-state index contributed by atoms with van der Waals surface area (Å²) < 4.78 is 1.02. The van der Waals surface area contributed by atoms with Crippen LogP contribution in [0.25, 0.3) is 0 Å². The zero-order valence-electron chi connectivity index (χ0n) is 12.9. The highest BCUT2D eigenvalue weighted by molar-refractivity contribution is 9.10. The Morgan fingerprint density at radius 3 is 2.86 bits per heavy atom. The lowest BCUT2D eigenvalue weighted by atomic mass is 10.1. The number of hydrogen-bond donors (Lipinski definition) is 2. The van der Waals surface area contributed by atoms with Crippen LogP contribution in [0.4, 0.5) is 11.4 Å². The molecule has 1 heterocycles. The number of carbonyl (C=O) groups excluding carboxylic acids is 1. The van der Waals surface area contributed by atoms with Gasteiger partial charge in [0, 0.05) is 34.6 Å². The highest BCUT2D eigenvalue weighted by atomic mass is 79.9. The Morgan fingerprint density at radius 2 is 2.24 bits per heavy atom. The zero-order valence-corrected chi connectivity index (χ0v) is 15.3. The fourth-order valence-corrected chi connectivity index (χ4v) is 3.88. The van der Waals surface area contributed by atoms with Crippen LogP contribution >= 0.6 is 27.7 Å². The van der Waals surface area contributed by atoms with E-state index >= 15 is 0 Å². The number of amides is 1. The minimum atomic E-state index is -0.246.